The molecule has 0 heterocycles. The Labute approximate surface area is 141 Å². The van der Waals surface area contributed by atoms with E-state index in [0.29, 0.717) is 27.8 Å². The van der Waals surface area contributed by atoms with Crippen LogP contribution >= 0.6 is 34.2 Å². The summed E-state index contributed by atoms with van der Waals surface area (Å²) in [5.41, 5.74) is 1.13. The van der Waals surface area contributed by atoms with Crippen LogP contribution in [0.4, 0.5) is 5.69 Å². The molecule has 0 spiro atoms. The lowest BCUT2D eigenvalue weighted by Gasteiger charge is -2.12. The summed E-state index contributed by atoms with van der Waals surface area (Å²) in [7, 11) is 3.07. The molecule has 0 aliphatic heterocycles. The Kier molecular flexibility index (Phi) is 5.30. The van der Waals surface area contributed by atoms with E-state index < -0.39 is 0 Å². The summed E-state index contributed by atoms with van der Waals surface area (Å²) in [6.07, 6.45) is 0. The molecule has 110 valence electrons. The molecule has 0 radical (unpaired) electrons. The van der Waals surface area contributed by atoms with Crippen LogP contribution in [0.3, 0.4) is 0 Å². The first-order valence-electron chi connectivity index (χ1n) is 6.03. The molecular formula is C15H13ClINO3. The van der Waals surface area contributed by atoms with Gasteiger partial charge in [0.15, 0.2) is 0 Å². The fraction of sp³-hybridized carbons (Fsp3) is 0.133. The largest absolute Gasteiger partial charge is 0.497 e. The van der Waals surface area contributed by atoms with Crippen molar-refractivity contribution in [3.8, 4) is 11.5 Å². The standard InChI is InChI=1S/C15H13ClINO3/c1-20-10-4-5-11(14(8-10)21-2)15(19)18-13-6-3-9(16)7-12(13)17/h3-8H,1-2H3,(H,18,19). The molecule has 0 aliphatic rings. The van der Waals surface area contributed by atoms with E-state index in [2.05, 4.69) is 27.9 Å². The maximum atomic E-state index is 12.4. The summed E-state index contributed by atoms with van der Waals surface area (Å²) >= 11 is 8.02. The van der Waals surface area contributed by atoms with Crippen LogP contribution in [0.2, 0.25) is 5.02 Å². The average Bonchev–Trinajstić information content (AvgIpc) is 2.49. The number of methoxy groups -OCH3 is 2. The first-order valence-corrected chi connectivity index (χ1v) is 7.49. The Balaban J connectivity index is 2.28. The zero-order valence-electron chi connectivity index (χ0n) is 11.4. The number of nitrogens with one attached hydrogen (secondary N) is 1. The van der Waals surface area contributed by atoms with Gasteiger partial charge in [-0.05, 0) is 52.9 Å². The molecule has 1 N–H and O–H groups in total. The van der Waals surface area contributed by atoms with Gasteiger partial charge in [-0.3, -0.25) is 4.79 Å². The number of halogens is 2. The second kappa shape index (κ2) is 7.00. The van der Waals surface area contributed by atoms with E-state index in [-0.39, 0.29) is 5.91 Å². The SMILES string of the molecule is COc1ccc(C(=O)Nc2ccc(Cl)cc2I)c(OC)c1. The number of anilines is 1. The van der Waals surface area contributed by atoms with E-state index in [1.54, 1.807) is 43.5 Å². The van der Waals surface area contributed by atoms with Crippen LogP contribution in [0, 0.1) is 3.57 Å². The van der Waals surface area contributed by atoms with Crippen molar-refractivity contribution in [2.24, 2.45) is 0 Å². The van der Waals surface area contributed by atoms with Crippen LogP contribution in [-0.2, 0) is 0 Å². The third-order valence-corrected chi connectivity index (χ3v) is 3.96. The maximum absolute atomic E-state index is 12.4. The molecular weight excluding hydrogens is 405 g/mol. The van der Waals surface area contributed by atoms with Crippen molar-refractivity contribution in [1.29, 1.82) is 0 Å². The number of benzene rings is 2. The molecule has 2 aromatic rings. The number of hydrogen-bond donors (Lipinski definition) is 1. The zero-order valence-corrected chi connectivity index (χ0v) is 14.4. The monoisotopic (exact) mass is 417 g/mol. The van der Waals surface area contributed by atoms with Crippen LogP contribution in [0.15, 0.2) is 36.4 Å². The molecule has 4 nitrogen and oxygen atoms in total. The summed E-state index contributed by atoms with van der Waals surface area (Å²) in [6, 6.07) is 10.3. The van der Waals surface area contributed by atoms with Crippen LogP contribution < -0.4 is 14.8 Å². The van der Waals surface area contributed by atoms with Gasteiger partial charge in [0.1, 0.15) is 11.5 Å². The van der Waals surface area contributed by atoms with E-state index in [9.17, 15) is 4.79 Å². The molecule has 0 aromatic heterocycles. The lowest BCUT2D eigenvalue weighted by atomic mass is 10.1. The van der Waals surface area contributed by atoms with Crippen molar-refractivity contribution >= 4 is 45.8 Å². The molecule has 2 rings (SSSR count). The van der Waals surface area contributed by atoms with Crippen molar-refractivity contribution in [3.63, 3.8) is 0 Å². The maximum Gasteiger partial charge on any atom is 0.259 e. The fourth-order valence-electron chi connectivity index (χ4n) is 1.77. The Hall–Kier alpha value is -1.47. The lowest BCUT2D eigenvalue weighted by Crippen LogP contribution is -2.14. The molecule has 0 saturated carbocycles. The van der Waals surface area contributed by atoms with Gasteiger partial charge in [-0.25, -0.2) is 0 Å². The van der Waals surface area contributed by atoms with Gasteiger partial charge in [-0.1, -0.05) is 11.6 Å². The van der Waals surface area contributed by atoms with Gasteiger partial charge in [0.05, 0.1) is 25.5 Å². The van der Waals surface area contributed by atoms with Crippen molar-refractivity contribution in [2.75, 3.05) is 19.5 Å². The van der Waals surface area contributed by atoms with Crippen LogP contribution in [0.5, 0.6) is 11.5 Å². The van der Waals surface area contributed by atoms with Gasteiger partial charge < -0.3 is 14.8 Å². The first-order chi connectivity index (χ1) is 10.0. The van der Waals surface area contributed by atoms with Gasteiger partial charge >= 0.3 is 0 Å². The minimum Gasteiger partial charge on any atom is -0.497 e. The minimum absolute atomic E-state index is 0.255. The van der Waals surface area contributed by atoms with Gasteiger partial charge in [-0.2, -0.15) is 0 Å². The van der Waals surface area contributed by atoms with Crippen LogP contribution in [0.25, 0.3) is 0 Å². The van der Waals surface area contributed by atoms with Crippen molar-refractivity contribution in [2.45, 2.75) is 0 Å². The van der Waals surface area contributed by atoms with E-state index in [4.69, 9.17) is 21.1 Å². The molecule has 21 heavy (non-hydrogen) atoms. The fourth-order valence-corrected chi connectivity index (χ4v) is 2.77. The molecule has 0 unspecified atom stereocenters. The molecule has 2 aromatic carbocycles. The van der Waals surface area contributed by atoms with E-state index in [0.717, 1.165) is 3.57 Å². The van der Waals surface area contributed by atoms with Crippen molar-refractivity contribution < 1.29 is 14.3 Å². The molecule has 0 aliphatic carbocycles. The van der Waals surface area contributed by atoms with Gasteiger partial charge in [-0.15, -0.1) is 0 Å². The zero-order chi connectivity index (χ0) is 15.4. The normalized spacial score (nSPS) is 10.1. The topological polar surface area (TPSA) is 47.6 Å². The Morgan fingerprint density at radius 2 is 1.90 bits per heavy atom. The highest BCUT2D eigenvalue weighted by Crippen LogP contribution is 2.27. The van der Waals surface area contributed by atoms with Gasteiger partial charge in [0.25, 0.3) is 5.91 Å². The number of carbonyl (C=O) groups is 1. The summed E-state index contributed by atoms with van der Waals surface area (Å²) in [5, 5.41) is 3.46. The third-order valence-electron chi connectivity index (χ3n) is 2.83. The Morgan fingerprint density at radius 1 is 1.14 bits per heavy atom. The predicted octanol–water partition coefficient (Wildman–Crippen LogP) is 4.21. The molecule has 0 fully saturated rings. The summed E-state index contributed by atoms with van der Waals surface area (Å²) in [5.74, 6) is 0.829. The molecule has 1 amide bonds. The molecule has 0 bridgehead atoms. The summed E-state index contributed by atoms with van der Waals surface area (Å²) in [6.45, 7) is 0. The molecule has 6 heteroatoms. The highest BCUT2D eigenvalue weighted by Gasteiger charge is 2.14. The number of rotatable bonds is 4. The van der Waals surface area contributed by atoms with E-state index >= 15 is 0 Å². The number of hydrogen-bond acceptors (Lipinski definition) is 3. The van der Waals surface area contributed by atoms with E-state index in [1.165, 1.54) is 7.11 Å². The summed E-state index contributed by atoms with van der Waals surface area (Å²) < 4.78 is 11.2. The van der Waals surface area contributed by atoms with Crippen molar-refractivity contribution in [3.05, 3.63) is 50.6 Å². The number of ether oxygens (including phenoxy) is 2. The van der Waals surface area contributed by atoms with Crippen LogP contribution in [0.1, 0.15) is 10.4 Å². The highest BCUT2D eigenvalue weighted by molar-refractivity contribution is 14.1. The number of carbonyl (C=O) groups excluding carboxylic acids is 1. The quantitative estimate of drug-likeness (QED) is 0.758. The Bertz CT molecular complexity index is 676. The summed E-state index contributed by atoms with van der Waals surface area (Å²) in [4.78, 5) is 12.4. The lowest BCUT2D eigenvalue weighted by molar-refractivity contribution is 0.102. The average molecular weight is 418 g/mol. The first kappa shape index (κ1) is 15.9. The smallest absolute Gasteiger partial charge is 0.259 e. The van der Waals surface area contributed by atoms with Crippen molar-refractivity contribution in [1.82, 2.24) is 0 Å². The molecule has 0 saturated heterocycles. The van der Waals surface area contributed by atoms with Gasteiger partial charge in [0, 0.05) is 14.7 Å². The highest BCUT2D eigenvalue weighted by atomic mass is 127. The van der Waals surface area contributed by atoms with Gasteiger partial charge in [0.2, 0.25) is 0 Å². The molecule has 0 atom stereocenters. The predicted molar refractivity (Wildman–Crippen MR) is 91.7 cm³/mol. The van der Waals surface area contributed by atoms with Crippen LogP contribution in [-0.4, -0.2) is 20.1 Å². The third kappa shape index (κ3) is 3.79. The second-order valence-corrected chi connectivity index (χ2v) is 5.74. The number of amides is 1. The second-order valence-electron chi connectivity index (χ2n) is 4.14. The Morgan fingerprint density at radius 3 is 2.52 bits per heavy atom. The van der Waals surface area contributed by atoms with E-state index in [1.807, 2.05) is 0 Å². The minimum atomic E-state index is -0.255.